The van der Waals surface area contributed by atoms with Crippen molar-refractivity contribution in [3.8, 4) is 0 Å². The Hall–Kier alpha value is -3.09. The average molecular weight is 489 g/mol. The fraction of sp³-hybridized carbons (Fsp3) is 0.222. The zero-order valence-electron chi connectivity index (χ0n) is 19.1. The highest BCUT2D eigenvalue weighted by atomic mass is 35.5. The predicted octanol–water partition coefficient (Wildman–Crippen LogP) is 6.72. The van der Waals surface area contributed by atoms with Crippen molar-refractivity contribution in [1.29, 1.82) is 0 Å². The van der Waals surface area contributed by atoms with Gasteiger partial charge in [-0.25, -0.2) is 10.0 Å². The molecule has 5 rings (SSSR count). The standard InChI is InChI=1S/C27H25ClN4OS/c1-3-20-12-14-21(15-13-20)25-16-17-27(31(29-25)23-9-5-4-6-10-23)32(30-26(34-27)19(2)33)24-11-7-8-22(28)18-24/h4-15,18H,3,16-17H2,1-2H3/t27-/m1/s1. The zero-order valence-corrected chi connectivity index (χ0v) is 20.7. The van der Waals surface area contributed by atoms with Crippen LogP contribution in [0.4, 0.5) is 11.4 Å². The van der Waals surface area contributed by atoms with Crippen molar-refractivity contribution in [2.24, 2.45) is 10.2 Å². The van der Waals surface area contributed by atoms with Crippen LogP contribution in [0.15, 0.2) is 89.1 Å². The molecule has 0 amide bonds. The van der Waals surface area contributed by atoms with Gasteiger partial charge in [0.25, 0.3) is 0 Å². The third-order valence-corrected chi connectivity index (χ3v) is 7.75. The van der Waals surface area contributed by atoms with E-state index < -0.39 is 4.99 Å². The van der Waals surface area contributed by atoms with E-state index in [1.165, 1.54) is 17.3 Å². The van der Waals surface area contributed by atoms with Gasteiger partial charge >= 0.3 is 0 Å². The molecule has 0 radical (unpaired) electrons. The second kappa shape index (κ2) is 9.28. The summed E-state index contributed by atoms with van der Waals surface area (Å²) in [5, 5.41) is 15.0. The van der Waals surface area contributed by atoms with E-state index in [9.17, 15) is 4.79 Å². The van der Waals surface area contributed by atoms with Gasteiger partial charge in [0.15, 0.2) is 10.8 Å². The number of ketones is 1. The number of rotatable bonds is 5. The lowest BCUT2D eigenvalue weighted by Crippen LogP contribution is -2.56. The minimum atomic E-state index is -0.722. The van der Waals surface area contributed by atoms with Crippen LogP contribution < -0.4 is 10.0 Å². The summed E-state index contributed by atoms with van der Waals surface area (Å²) in [7, 11) is 0. The SMILES string of the molecule is CCc1ccc(C2=NN(c3ccccc3)[C@@]3(CC2)SC(C(C)=O)=NN3c2cccc(Cl)c2)cc1. The van der Waals surface area contributed by atoms with Gasteiger partial charge in [0.2, 0.25) is 4.99 Å². The summed E-state index contributed by atoms with van der Waals surface area (Å²) in [4.78, 5) is 11.7. The van der Waals surface area contributed by atoms with Crippen molar-refractivity contribution >= 4 is 51.3 Å². The molecule has 34 heavy (non-hydrogen) atoms. The van der Waals surface area contributed by atoms with Crippen LogP contribution in [0, 0.1) is 0 Å². The molecule has 0 aliphatic carbocycles. The number of para-hydroxylation sites is 1. The minimum absolute atomic E-state index is 0.0631. The molecule has 1 spiro atoms. The lowest BCUT2D eigenvalue weighted by atomic mass is 10.0. The third-order valence-electron chi connectivity index (χ3n) is 6.07. The molecule has 172 valence electrons. The zero-order chi connectivity index (χ0) is 23.7. The number of Topliss-reactive ketones (excluding diaryl/α,β-unsaturated/α-hetero) is 1. The maximum atomic E-state index is 12.4. The minimum Gasteiger partial charge on any atom is -0.292 e. The van der Waals surface area contributed by atoms with Gasteiger partial charge in [-0.3, -0.25) is 4.79 Å². The van der Waals surface area contributed by atoms with E-state index >= 15 is 0 Å². The summed E-state index contributed by atoms with van der Waals surface area (Å²) in [5.41, 5.74) is 5.18. The van der Waals surface area contributed by atoms with E-state index in [0.29, 0.717) is 16.5 Å². The average Bonchev–Trinajstić information content (AvgIpc) is 3.25. The van der Waals surface area contributed by atoms with E-state index in [-0.39, 0.29) is 5.78 Å². The second-order valence-electron chi connectivity index (χ2n) is 8.34. The summed E-state index contributed by atoms with van der Waals surface area (Å²) >= 11 is 7.80. The number of anilines is 2. The molecule has 0 bridgehead atoms. The van der Waals surface area contributed by atoms with E-state index in [0.717, 1.165) is 35.5 Å². The van der Waals surface area contributed by atoms with Gasteiger partial charge in [-0.2, -0.15) is 10.2 Å². The van der Waals surface area contributed by atoms with Crippen molar-refractivity contribution in [3.05, 3.63) is 95.0 Å². The number of halogens is 1. The first-order chi connectivity index (χ1) is 16.5. The second-order valence-corrected chi connectivity index (χ2v) is 10.0. The van der Waals surface area contributed by atoms with Crippen molar-refractivity contribution in [2.75, 3.05) is 10.0 Å². The maximum Gasteiger partial charge on any atom is 0.208 e. The molecule has 2 aliphatic heterocycles. The van der Waals surface area contributed by atoms with Crippen LogP contribution in [-0.4, -0.2) is 21.5 Å². The molecule has 0 aromatic heterocycles. The number of thioether (sulfide) groups is 1. The molecule has 0 saturated heterocycles. The number of hydrazone groups is 2. The van der Waals surface area contributed by atoms with Gasteiger partial charge in [0.1, 0.15) is 0 Å². The normalized spacial score (nSPS) is 19.9. The third kappa shape index (κ3) is 4.12. The summed E-state index contributed by atoms with van der Waals surface area (Å²) < 4.78 is 0. The smallest absolute Gasteiger partial charge is 0.208 e. The molecule has 0 unspecified atom stereocenters. The van der Waals surface area contributed by atoms with Crippen molar-refractivity contribution in [1.82, 2.24) is 0 Å². The summed E-state index contributed by atoms with van der Waals surface area (Å²) in [6.07, 6.45) is 2.47. The monoisotopic (exact) mass is 488 g/mol. The lowest BCUT2D eigenvalue weighted by Gasteiger charge is -2.46. The number of hydrogen-bond acceptors (Lipinski definition) is 6. The number of aryl methyl sites for hydroxylation is 1. The topological polar surface area (TPSA) is 48.3 Å². The first-order valence-corrected chi connectivity index (χ1v) is 12.6. The Labute approximate surface area is 209 Å². The van der Waals surface area contributed by atoms with Crippen molar-refractivity contribution in [2.45, 2.75) is 38.1 Å². The Morgan fingerprint density at radius 2 is 1.68 bits per heavy atom. The van der Waals surface area contributed by atoms with Gasteiger partial charge in [-0.05, 0) is 66.1 Å². The Morgan fingerprint density at radius 1 is 0.971 bits per heavy atom. The first-order valence-electron chi connectivity index (χ1n) is 11.4. The molecule has 1 atom stereocenters. The molecule has 0 fully saturated rings. The van der Waals surface area contributed by atoms with E-state index in [1.807, 2.05) is 64.6 Å². The summed E-state index contributed by atoms with van der Waals surface area (Å²) in [6, 6.07) is 26.3. The van der Waals surface area contributed by atoms with Crippen LogP contribution in [0.1, 0.15) is 37.8 Å². The molecule has 2 aliphatic rings. The van der Waals surface area contributed by atoms with Crippen LogP contribution in [0.2, 0.25) is 5.02 Å². The molecular weight excluding hydrogens is 464 g/mol. The largest absolute Gasteiger partial charge is 0.292 e. The molecule has 7 heteroatoms. The van der Waals surface area contributed by atoms with Gasteiger partial charge in [-0.1, -0.05) is 67.1 Å². The Bertz CT molecular complexity index is 1280. The first kappa shape index (κ1) is 22.7. The predicted molar refractivity (Wildman–Crippen MR) is 143 cm³/mol. The Kier molecular flexibility index (Phi) is 6.19. The number of nitrogens with zero attached hydrogens (tertiary/aromatic N) is 4. The van der Waals surface area contributed by atoms with Gasteiger partial charge in [0, 0.05) is 18.4 Å². The van der Waals surface area contributed by atoms with Gasteiger partial charge in [-0.15, -0.1) is 0 Å². The molecule has 2 heterocycles. The maximum absolute atomic E-state index is 12.4. The number of carbonyl (C=O) groups excluding carboxylic acids is 1. The summed E-state index contributed by atoms with van der Waals surface area (Å²) in [5.74, 6) is -0.0631. The number of hydrogen-bond donors (Lipinski definition) is 0. The summed E-state index contributed by atoms with van der Waals surface area (Å²) in [6.45, 7) is 3.71. The molecule has 5 nitrogen and oxygen atoms in total. The van der Waals surface area contributed by atoms with Crippen LogP contribution in [0.3, 0.4) is 0 Å². The highest BCUT2D eigenvalue weighted by Gasteiger charge is 2.52. The van der Waals surface area contributed by atoms with Crippen LogP contribution in [-0.2, 0) is 11.2 Å². The highest BCUT2D eigenvalue weighted by molar-refractivity contribution is 8.17. The Balaban J connectivity index is 1.65. The molecule has 3 aromatic carbocycles. The molecule has 0 saturated carbocycles. The molecular formula is C27H25ClN4OS. The van der Waals surface area contributed by atoms with E-state index in [4.69, 9.17) is 21.8 Å². The van der Waals surface area contributed by atoms with Crippen molar-refractivity contribution in [3.63, 3.8) is 0 Å². The van der Waals surface area contributed by atoms with Gasteiger partial charge in [0.05, 0.1) is 17.1 Å². The lowest BCUT2D eigenvalue weighted by molar-refractivity contribution is -0.110. The van der Waals surface area contributed by atoms with Crippen molar-refractivity contribution < 1.29 is 4.79 Å². The number of benzene rings is 3. The fourth-order valence-electron chi connectivity index (χ4n) is 4.29. The quantitative estimate of drug-likeness (QED) is 0.400. The van der Waals surface area contributed by atoms with E-state index in [2.05, 4.69) is 31.2 Å². The fourth-order valence-corrected chi connectivity index (χ4v) is 5.72. The van der Waals surface area contributed by atoms with Crippen LogP contribution >= 0.6 is 23.4 Å². The Morgan fingerprint density at radius 3 is 2.35 bits per heavy atom. The van der Waals surface area contributed by atoms with Crippen LogP contribution in [0.5, 0.6) is 0 Å². The molecule has 0 N–H and O–H groups in total. The molecule has 3 aromatic rings. The van der Waals surface area contributed by atoms with Gasteiger partial charge < -0.3 is 0 Å². The highest BCUT2D eigenvalue weighted by Crippen LogP contribution is 2.50. The van der Waals surface area contributed by atoms with Crippen LogP contribution in [0.25, 0.3) is 0 Å². The number of carbonyl (C=O) groups is 1. The van der Waals surface area contributed by atoms with E-state index in [1.54, 1.807) is 6.92 Å².